The maximum atomic E-state index is 13.4. The van der Waals surface area contributed by atoms with Gasteiger partial charge in [0.15, 0.2) is 0 Å². The Morgan fingerprint density at radius 3 is 2.66 bits per heavy atom. The van der Waals surface area contributed by atoms with Crippen molar-refractivity contribution in [2.45, 2.75) is 18.9 Å². The van der Waals surface area contributed by atoms with Crippen molar-refractivity contribution in [1.29, 1.82) is 0 Å². The average molecular weight is 416 g/mol. The molecule has 0 radical (unpaired) electrons. The highest BCUT2D eigenvalue weighted by atomic mass is 32.1. The van der Waals surface area contributed by atoms with Gasteiger partial charge in [-0.15, -0.1) is 11.3 Å². The third-order valence-electron chi connectivity index (χ3n) is 5.16. The molecule has 1 aliphatic heterocycles. The van der Waals surface area contributed by atoms with E-state index in [1.807, 2.05) is 23.1 Å². The van der Waals surface area contributed by atoms with Crippen LogP contribution in [0, 0.1) is 0 Å². The van der Waals surface area contributed by atoms with Crippen LogP contribution in [0.25, 0.3) is 0 Å². The van der Waals surface area contributed by atoms with Gasteiger partial charge in [0.05, 0.1) is 6.04 Å². The Kier molecular flexibility index (Phi) is 7.28. The minimum absolute atomic E-state index is 0.0247. The molecule has 0 aliphatic carbocycles. The second-order valence-corrected chi connectivity index (χ2v) is 8.40. The van der Waals surface area contributed by atoms with Crippen LogP contribution in [0.15, 0.2) is 41.8 Å². The maximum absolute atomic E-state index is 13.4. The fourth-order valence-electron chi connectivity index (χ4n) is 3.76. The van der Waals surface area contributed by atoms with Crippen LogP contribution < -0.4 is 0 Å². The number of ether oxygens (including phenoxy) is 1. The second kappa shape index (κ2) is 9.89. The first kappa shape index (κ1) is 21.3. The number of methoxy groups -OCH3 is 1. The van der Waals surface area contributed by atoms with Crippen LogP contribution in [-0.2, 0) is 16.0 Å². The Labute approximate surface area is 176 Å². The summed E-state index contributed by atoms with van der Waals surface area (Å²) in [7, 11) is 5.06. The zero-order valence-electron chi connectivity index (χ0n) is 17.3. The van der Waals surface area contributed by atoms with E-state index in [2.05, 4.69) is 23.6 Å². The van der Waals surface area contributed by atoms with Gasteiger partial charge in [-0.2, -0.15) is 0 Å². The summed E-state index contributed by atoms with van der Waals surface area (Å²) in [6.07, 6.45) is 1.55. The summed E-state index contributed by atoms with van der Waals surface area (Å²) in [6, 6.07) is 12.0. The summed E-state index contributed by atoms with van der Waals surface area (Å²) >= 11 is 1.75. The maximum Gasteiger partial charge on any atom is 0.319 e. The molecule has 1 atom stereocenters. The Balaban J connectivity index is 1.82. The van der Waals surface area contributed by atoms with E-state index < -0.39 is 0 Å². The molecule has 1 aromatic carbocycles. The van der Waals surface area contributed by atoms with Gasteiger partial charge >= 0.3 is 6.03 Å². The van der Waals surface area contributed by atoms with Crippen LogP contribution in [0.3, 0.4) is 0 Å². The molecule has 3 amide bonds. The molecule has 0 saturated heterocycles. The largest absolute Gasteiger partial charge is 0.385 e. The van der Waals surface area contributed by atoms with Crippen LogP contribution in [0.5, 0.6) is 0 Å². The van der Waals surface area contributed by atoms with Crippen molar-refractivity contribution in [3.63, 3.8) is 0 Å². The monoisotopic (exact) mass is 415 g/mol. The quantitative estimate of drug-likeness (QED) is 0.653. The molecule has 2 aromatic rings. The van der Waals surface area contributed by atoms with Crippen molar-refractivity contribution < 1.29 is 14.3 Å². The van der Waals surface area contributed by atoms with E-state index in [0.29, 0.717) is 26.1 Å². The molecule has 2 heterocycles. The molecule has 1 aliphatic rings. The van der Waals surface area contributed by atoms with Gasteiger partial charge in [0.2, 0.25) is 5.91 Å². The fraction of sp³-hybridized carbons (Fsp3) is 0.455. The fourth-order valence-corrected chi connectivity index (χ4v) is 4.66. The summed E-state index contributed by atoms with van der Waals surface area (Å²) in [5, 5.41) is 2.10. The number of hydrogen-bond acceptors (Lipinski definition) is 4. The Hall–Kier alpha value is -2.38. The summed E-state index contributed by atoms with van der Waals surface area (Å²) in [6.45, 7) is 1.78. The highest BCUT2D eigenvalue weighted by Gasteiger charge is 2.34. The van der Waals surface area contributed by atoms with Crippen molar-refractivity contribution in [2.75, 3.05) is 47.4 Å². The van der Waals surface area contributed by atoms with E-state index in [4.69, 9.17) is 4.74 Å². The molecule has 0 bridgehead atoms. The minimum Gasteiger partial charge on any atom is -0.385 e. The van der Waals surface area contributed by atoms with Crippen molar-refractivity contribution >= 4 is 23.3 Å². The van der Waals surface area contributed by atoms with Gasteiger partial charge in [-0.05, 0) is 35.4 Å². The van der Waals surface area contributed by atoms with E-state index in [-0.39, 0.29) is 24.5 Å². The predicted octanol–water partition coefficient (Wildman–Crippen LogP) is 3.24. The Morgan fingerprint density at radius 1 is 1.21 bits per heavy atom. The molecule has 0 spiro atoms. The number of rotatable bonds is 7. The molecule has 3 rings (SSSR count). The van der Waals surface area contributed by atoms with E-state index in [9.17, 15) is 9.59 Å². The van der Waals surface area contributed by atoms with Crippen LogP contribution in [0.4, 0.5) is 4.79 Å². The van der Waals surface area contributed by atoms with Crippen LogP contribution in [-0.4, -0.2) is 74.1 Å². The predicted molar refractivity (Wildman–Crippen MR) is 115 cm³/mol. The van der Waals surface area contributed by atoms with Crippen molar-refractivity contribution in [3.05, 3.63) is 57.8 Å². The molecule has 156 valence electrons. The van der Waals surface area contributed by atoms with Crippen LogP contribution in [0.2, 0.25) is 0 Å². The lowest BCUT2D eigenvalue weighted by Crippen LogP contribution is -2.49. The molecule has 6 nitrogen and oxygen atoms in total. The number of amides is 3. The topological polar surface area (TPSA) is 53.1 Å². The van der Waals surface area contributed by atoms with Gasteiger partial charge in [0, 0.05) is 45.8 Å². The van der Waals surface area contributed by atoms with E-state index in [1.165, 1.54) is 15.3 Å². The zero-order valence-corrected chi connectivity index (χ0v) is 18.2. The number of fused-ring (bicyclic) bond motifs is 1. The first-order valence-corrected chi connectivity index (χ1v) is 10.8. The Bertz CT molecular complexity index is 822. The van der Waals surface area contributed by atoms with E-state index in [1.54, 1.807) is 37.4 Å². The lowest BCUT2D eigenvalue weighted by atomic mass is 9.93. The number of benzene rings is 1. The molecule has 7 heteroatoms. The summed E-state index contributed by atoms with van der Waals surface area (Å²) in [5.74, 6) is -0.0247. The van der Waals surface area contributed by atoms with Gasteiger partial charge in [-0.25, -0.2) is 4.79 Å². The van der Waals surface area contributed by atoms with Crippen molar-refractivity contribution in [3.8, 4) is 0 Å². The highest BCUT2D eigenvalue weighted by molar-refractivity contribution is 7.10. The van der Waals surface area contributed by atoms with Crippen LogP contribution >= 0.6 is 11.3 Å². The van der Waals surface area contributed by atoms with Crippen molar-refractivity contribution in [1.82, 2.24) is 14.7 Å². The highest BCUT2D eigenvalue weighted by Crippen LogP contribution is 2.37. The van der Waals surface area contributed by atoms with Gasteiger partial charge in [0.25, 0.3) is 0 Å². The van der Waals surface area contributed by atoms with Crippen molar-refractivity contribution in [2.24, 2.45) is 0 Å². The van der Waals surface area contributed by atoms with Gasteiger partial charge < -0.3 is 19.4 Å². The first-order chi connectivity index (χ1) is 14.0. The molecule has 0 unspecified atom stereocenters. The van der Waals surface area contributed by atoms with Gasteiger partial charge in [-0.3, -0.25) is 4.79 Å². The molecule has 1 aromatic heterocycles. The Morgan fingerprint density at radius 2 is 1.97 bits per heavy atom. The summed E-state index contributed by atoms with van der Waals surface area (Å²) < 4.78 is 5.11. The molecule has 0 fully saturated rings. The number of urea groups is 1. The number of carbonyl (C=O) groups excluding carboxylic acids is 2. The standard InChI is InChI=1S/C22H29N3O3S/c1-23(2)22(27)24(12-7-14-28-3)16-20(26)25-13-10-19-18(11-15-29-19)21(25)17-8-5-4-6-9-17/h4-6,8-9,11,15,21H,7,10,12-14,16H2,1-3H3/t21-/m0/s1. The van der Waals surface area contributed by atoms with E-state index >= 15 is 0 Å². The SMILES string of the molecule is COCCCN(CC(=O)N1CCc2sccc2[C@@H]1c1ccccc1)C(=O)N(C)C. The molecular formula is C22H29N3O3S. The van der Waals surface area contributed by atoms with Gasteiger partial charge in [0.1, 0.15) is 6.54 Å². The first-order valence-electron chi connectivity index (χ1n) is 9.88. The lowest BCUT2D eigenvalue weighted by Gasteiger charge is -2.38. The number of thiophene rings is 1. The summed E-state index contributed by atoms with van der Waals surface area (Å²) in [4.78, 5) is 32.4. The van der Waals surface area contributed by atoms with Crippen LogP contribution in [0.1, 0.15) is 28.5 Å². The van der Waals surface area contributed by atoms with Gasteiger partial charge in [-0.1, -0.05) is 30.3 Å². The average Bonchev–Trinajstić information content (AvgIpc) is 3.21. The smallest absolute Gasteiger partial charge is 0.319 e. The lowest BCUT2D eigenvalue weighted by molar-refractivity contribution is -0.134. The second-order valence-electron chi connectivity index (χ2n) is 7.39. The number of carbonyl (C=O) groups is 2. The third-order valence-corrected chi connectivity index (χ3v) is 6.15. The van der Waals surface area contributed by atoms with E-state index in [0.717, 1.165) is 12.0 Å². The molecular weight excluding hydrogens is 386 g/mol. The number of nitrogens with zero attached hydrogens (tertiary/aromatic N) is 3. The molecule has 29 heavy (non-hydrogen) atoms. The molecule has 0 N–H and O–H groups in total. The third kappa shape index (κ3) is 4.97. The molecule has 0 saturated carbocycles. The minimum atomic E-state index is -0.154. The number of hydrogen-bond donors (Lipinski definition) is 0. The zero-order chi connectivity index (χ0) is 20.8. The summed E-state index contributed by atoms with van der Waals surface area (Å²) in [5.41, 5.74) is 2.30. The normalized spacial score (nSPS) is 15.7.